The Labute approximate surface area is 176 Å². The van der Waals surface area contributed by atoms with E-state index in [0.717, 1.165) is 16.7 Å². The fourth-order valence-electron chi connectivity index (χ4n) is 2.99. The van der Waals surface area contributed by atoms with Gasteiger partial charge in [-0.25, -0.2) is 13.1 Å². The molecule has 0 aromatic heterocycles. The zero-order valence-corrected chi connectivity index (χ0v) is 17.5. The van der Waals surface area contributed by atoms with E-state index in [1.807, 2.05) is 54.6 Å². The Morgan fingerprint density at radius 1 is 0.900 bits per heavy atom. The van der Waals surface area contributed by atoms with Gasteiger partial charge in [0.05, 0.1) is 18.1 Å². The molecule has 3 aromatic carbocycles. The van der Waals surface area contributed by atoms with Gasteiger partial charge in [0.25, 0.3) is 0 Å². The van der Waals surface area contributed by atoms with Gasteiger partial charge in [0.15, 0.2) is 0 Å². The summed E-state index contributed by atoms with van der Waals surface area (Å²) in [7, 11) is -3.79. The molecule has 0 radical (unpaired) electrons. The molecule has 0 unspecified atom stereocenters. The average Bonchev–Trinajstić information content (AvgIpc) is 2.73. The second-order valence-electron chi connectivity index (χ2n) is 6.96. The number of ether oxygens (including phenoxy) is 1. The molecule has 0 aliphatic heterocycles. The molecule has 30 heavy (non-hydrogen) atoms. The molecule has 0 saturated heterocycles. The summed E-state index contributed by atoms with van der Waals surface area (Å²) < 4.78 is 33.5. The fourth-order valence-corrected chi connectivity index (χ4v) is 4.03. The predicted molar refractivity (Wildman–Crippen MR) is 115 cm³/mol. The first-order valence-electron chi connectivity index (χ1n) is 9.45. The van der Waals surface area contributed by atoms with Crippen molar-refractivity contribution in [2.45, 2.75) is 31.6 Å². The van der Waals surface area contributed by atoms with Crippen LogP contribution in [0.2, 0.25) is 0 Å². The lowest BCUT2D eigenvalue weighted by molar-refractivity contribution is 0.0999. The number of sulfonamides is 1. The van der Waals surface area contributed by atoms with E-state index in [1.54, 1.807) is 13.0 Å². The van der Waals surface area contributed by atoms with E-state index in [9.17, 15) is 13.2 Å². The van der Waals surface area contributed by atoms with Crippen LogP contribution in [0.15, 0.2) is 77.7 Å². The zero-order chi connectivity index (χ0) is 21.6. The van der Waals surface area contributed by atoms with E-state index in [0.29, 0.717) is 18.8 Å². The first-order valence-corrected chi connectivity index (χ1v) is 10.9. The summed E-state index contributed by atoms with van der Waals surface area (Å²) in [6.07, 6.45) is 0. The molecule has 0 aliphatic rings. The standard InChI is InChI=1S/C23H24N2O4S/c1-17-10-11-21(13-22(17)23(24)26)30(27,28)25-14-19-8-5-9-20(12-19)16-29-15-18-6-3-2-4-7-18/h2-13,25H,14-16H2,1H3,(H2,24,26). The number of primary amides is 1. The van der Waals surface area contributed by atoms with Gasteiger partial charge in [-0.15, -0.1) is 0 Å². The number of aryl methyl sites for hydroxylation is 1. The number of nitrogens with two attached hydrogens (primary N) is 1. The van der Waals surface area contributed by atoms with E-state index < -0.39 is 15.9 Å². The van der Waals surface area contributed by atoms with Crippen LogP contribution >= 0.6 is 0 Å². The Morgan fingerprint density at radius 2 is 1.57 bits per heavy atom. The lowest BCUT2D eigenvalue weighted by Gasteiger charge is -2.10. The van der Waals surface area contributed by atoms with Crippen LogP contribution in [0.1, 0.15) is 32.6 Å². The molecule has 0 fully saturated rings. The van der Waals surface area contributed by atoms with Crippen molar-refractivity contribution < 1.29 is 17.9 Å². The number of carbonyl (C=O) groups excluding carboxylic acids is 1. The van der Waals surface area contributed by atoms with E-state index >= 15 is 0 Å². The molecular weight excluding hydrogens is 400 g/mol. The van der Waals surface area contributed by atoms with Gasteiger partial charge < -0.3 is 10.5 Å². The third-order valence-corrected chi connectivity index (χ3v) is 6.02. The highest BCUT2D eigenvalue weighted by Crippen LogP contribution is 2.16. The summed E-state index contributed by atoms with van der Waals surface area (Å²) in [6.45, 7) is 2.76. The third kappa shape index (κ3) is 5.76. The highest BCUT2D eigenvalue weighted by atomic mass is 32.2. The van der Waals surface area contributed by atoms with Gasteiger partial charge in [0.2, 0.25) is 15.9 Å². The number of amides is 1. The lowest BCUT2D eigenvalue weighted by Crippen LogP contribution is -2.24. The average molecular weight is 425 g/mol. The maximum atomic E-state index is 12.6. The summed E-state index contributed by atoms with van der Waals surface area (Å²) in [6, 6.07) is 21.7. The summed E-state index contributed by atoms with van der Waals surface area (Å²) in [4.78, 5) is 11.5. The molecule has 0 saturated carbocycles. The first kappa shape index (κ1) is 21.7. The van der Waals surface area contributed by atoms with Crippen molar-refractivity contribution in [3.8, 4) is 0 Å². The Bertz CT molecular complexity index is 1130. The van der Waals surface area contributed by atoms with Crippen LogP contribution in [-0.2, 0) is 34.5 Å². The molecule has 0 bridgehead atoms. The van der Waals surface area contributed by atoms with E-state index in [1.165, 1.54) is 12.1 Å². The SMILES string of the molecule is Cc1ccc(S(=O)(=O)NCc2cccc(COCc3ccccc3)c2)cc1C(N)=O. The van der Waals surface area contributed by atoms with Gasteiger partial charge in [-0.2, -0.15) is 0 Å². The van der Waals surface area contributed by atoms with Crippen molar-refractivity contribution in [2.75, 3.05) is 0 Å². The summed E-state index contributed by atoms with van der Waals surface area (Å²) >= 11 is 0. The van der Waals surface area contributed by atoms with Gasteiger partial charge in [0, 0.05) is 12.1 Å². The van der Waals surface area contributed by atoms with Gasteiger partial charge in [-0.1, -0.05) is 60.7 Å². The van der Waals surface area contributed by atoms with E-state index in [-0.39, 0.29) is 17.0 Å². The van der Waals surface area contributed by atoms with Crippen molar-refractivity contribution in [1.29, 1.82) is 0 Å². The largest absolute Gasteiger partial charge is 0.372 e. The number of hydrogen-bond donors (Lipinski definition) is 2. The van der Waals surface area contributed by atoms with Crippen molar-refractivity contribution in [3.05, 3.63) is 101 Å². The molecule has 6 nitrogen and oxygen atoms in total. The fraction of sp³-hybridized carbons (Fsp3) is 0.174. The normalized spacial score (nSPS) is 11.4. The molecule has 3 N–H and O–H groups in total. The lowest BCUT2D eigenvalue weighted by atomic mass is 10.1. The number of hydrogen-bond acceptors (Lipinski definition) is 4. The summed E-state index contributed by atoms with van der Waals surface area (Å²) in [5, 5.41) is 0. The maximum Gasteiger partial charge on any atom is 0.249 e. The molecule has 3 aromatic rings. The molecule has 0 heterocycles. The number of rotatable bonds is 9. The van der Waals surface area contributed by atoms with Gasteiger partial charge in [0.1, 0.15) is 0 Å². The van der Waals surface area contributed by atoms with Crippen LogP contribution in [-0.4, -0.2) is 14.3 Å². The molecule has 1 amide bonds. The molecule has 0 atom stereocenters. The predicted octanol–water partition coefficient (Wildman–Crippen LogP) is 3.29. The van der Waals surface area contributed by atoms with Crippen molar-refractivity contribution in [2.24, 2.45) is 5.73 Å². The smallest absolute Gasteiger partial charge is 0.249 e. The van der Waals surface area contributed by atoms with E-state index in [2.05, 4.69) is 4.72 Å². The van der Waals surface area contributed by atoms with Crippen LogP contribution in [0.25, 0.3) is 0 Å². The second kappa shape index (κ2) is 9.67. The maximum absolute atomic E-state index is 12.6. The molecule has 0 spiro atoms. The van der Waals surface area contributed by atoms with Gasteiger partial charge in [-0.05, 0) is 41.3 Å². The van der Waals surface area contributed by atoms with E-state index in [4.69, 9.17) is 10.5 Å². The first-order chi connectivity index (χ1) is 14.3. The van der Waals surface area contributed by atoms with Gasteiger partial charge in [-0.3, -0.25) is 4.79 Å². The minimum Gasteiger partial charge on any atom is -0.372 e. The Kier molecular flexibility index (Phi) is 6.99. The molecule has 156 valence electrons. The van der Waals surface area contributed by atoms with Crippen LogP contribution < -0.4 is 10.5 Å². The second-order valence-corrected chi connectivity index (χ2v) is 8.73. The van der Waals surface area contributed by atoms with Crippen LogP contribution in [0.3, 0.4) is 0 Å². The highest BCUT2D eigenvalue weighted by molar-refractivity contribution is 7.89. The van der Waals surface area contributed by atoms with Gasteiger partial charge >= 0.3 is 0 Å². The van der Waals surface area contributed by atoms with Crippen LogP contribution in [0, 0.1) is 6.92 Å². The summed E-state index contributed by atoms with van der Waals surface area (Å²) in [5.41, 5.74) is 8.99. The summed E-state index contributed by atoms with van der Waals surface area (Å²) in [5.74, 6) is -0.659. The molecule has 0 aliphatic carbocycles. The topological polar surface area (TPSA) is 98.5 Å². The Morgan fingerprint density at radius 3 is 2.30 bits per heavy atom. The van der Waals surface area contributed by atoms with Crippen LogP contribution in [0.4, 0.5) is 0 Å². The third-order valence-electron chi connectivity index (χ3n) is 4.62. The minimum absolute atomic E-state index is 0.00393. The van der Waals surface area contributed by atoms with Crippen molar-refractivity contribution >= 4 is 15.9 Å². The van der Waals surface area contributed by atoms with Crippen molar-refractivity contribution in [3.63, 3.8) is 0 Å². The number of nitrogens with one attached hydrogen (secondary N) is 1. The van der Waals surface area contributed by atoms with Crippen LogP contribution in [0.5, 0.6) is 0 Å². The molecular formula is C23H24N2O4S. The molecule has 7 heteroatoms. The monoisotopic (exact) mass is 424 g/mol. The number of carbonyl (C=O) groups is 1. The molecule has 3 rings (SSSR count). The Balaban J connectivity index is 1.62. The highest BCUT2D eigenvalue weighted by Gasteiger charge is 2.17. The quantitative estimate of drug-likeness (QED) is 0.551. The van der Waals surface area contributed by atoms with Crippen molar-refractivity contribution in [1.82, 2.24) is 4.72 Å². The number of benzene rings is 3. The minimum atomic E-state index is -3.79. The Hall–Kier alpha value is -3.00. The zero-order valence-electron chi connectivity index (χ0n) is 16.7.